The highest BCUT2D eigenvalue weighted by molar-refractivity contribution is 4.58. The third-order valence-electron chi connectivity index (χ3n) is 2.12. The zero-order chi connectivity index (χ0) is 10.2. The molecule has 0 spiro atoms. The summed E-state index contributed by atoms with van der Waals surface area (Å²) in [4.78, 5) is 9.66. The summed E-state index contributed by atoms with van der Waals surface area (Å²) in [6.07, 6.45) is 4.10. The number of piperidine rings is 1. The van der Waals surface area contributed by atoms with Gasteiger partial charge in [0.1, 0.15) is 0 Å². The zero-order valence-corrected chi connectivity index (χ0v) is 8.26. The highest BCUT2D eigenvalue weighted by atomic mass is 16.6. The standard InChI is InChI=1S/C8H16N4O2/c13-12(14)8-4-5-9-10-11-6-2-1-3-7-11/h1-8H2. The molecule has 1 aliphatic heterocycles. The Balaban J connectivity index is 2.04. The predicted octanol–water partition coefficient (Wildman–Crippen LogP) is 1.51. The maximum atomic E-state index is 9.99. The molecule has 0 N–H and O–H groups in total. The fraction of sp³-hybridized carbons (Fsp3) is 1.00. The molecule has 1 saturated heterocycles. The number of nitro groups is 1. The van der Waals surface area contributed by atoms with Crippen molar-refractivity contribution in [2.75, 3.05) is 26.2 Å². The lowest BCUT2D eigenvalue weighted by Crippen LogP contribution is -2.23. The molecule has 1 rings (SSSR count). The second-order valence-corrected chi connectivity index (χ2v) is 3.38. The van der Waals surface area contributed by atoms with Crippen molar-refractivity contribution >= 4 is 0 Å². The van der Waals surface area contributed by atoms with Gasteiger partial charge in [-0.25, -0.2) is 0 Å². The van der Waals surface area contributed by atoms with Crippen LogP contribution in [0.5, 0.6) is 0 Å². The van der Waals surface area contributed by atoms with Crippen LogP contribution in [-0.2, 0) is 0 Å². The van der Waals surface area contributed by atoms with Gasteiger partial charge in [-0.05, 0) is 19.3 Å². The summed E-state index contributed by atoms with van der Waals surface area (Å²) >= 11 is 0. The minimum absolute atomic E-state index is 0.0149. The lowest BCUT2D eigenvalue weighted by atomic mass is 10.2. The van der Waals surface area contributed by atoms with Gasteiger partial charge in [-0.3, -0.25) is 15.1 Å². The van der Waals surface area contributed by atoms with Gasteiger partial charge in [0.2, 0.25) is 6.54 Å². The van der Waals surface area contributed by atoms with E-state index in [1.165, 1.54) is 19.3 Å². The van der Waals surface area contributed by atoms with E-state index in [9.17, 15) is 10.1 Å². The van der Waals surface area contributed by atoms with E-state index in [4.69, 9.17) is 0 Å². The van der Waals surface area contributed by atoms with Crippen molar-refractivity contribution in [3.63, 3.8) is 0 Å². The van der Waals surface area contributed by atoms with Gasteiger partial charge in [-0.2, -0.15) is 5.11 Å². The van der Waals surface area contributed by atoms with Crippen molar-refractivity contribution in [3.8, 4) is 0 Å². The van der Waals surface area contributed by atoms with E-state index in [1.807, 2.05) is 5.01 Å². The molecule has 0 radical (unpaired) electrons. The highest BCUT2D eigenvalue weighted by Crippen LogP contribution is 2.08. The number of nitrogens with zero attached hydrogens (tertiary/aromatic N) is 4. The van der Waals surface area contributed by atoms with Gasteiger partial charge in [0.25, 0.3) is 0 Å². The minimum atomic E-state index is -0.323. The Labute approximate surface area is 83.1 Å². The van der Waals surface area contributed by atoms with Crippen LogP contribution in [0.2, 0.25) is 0 Å². The monoisotopic (exact) mass is 200 g/mol. The maximum absolute atomic E-state index is 9.99. The fourth-order valence-electron chi connectivity index (χ4n) is 1.37. The molecule has 6 heteroatoms. The summed E-state index contributed by atoms with van der Waals surface area (Å²) in [6.45, 7) is 2.38. The van der Waals surface area contributed by atoms with Crippen LogP contribution in [-0.4, -0.2) is 36.1 Å². The molecule has 1 heterocycles. The predicted molar refractivity (Wildman–Crippen MR) is 51.6 cm³/mol. The van der Waals surface area contributed by atoms with Gasteiger partial charge in [0.15, 0.2) is 0 Å². The summed E-state index contributed by atoms with van der Waals surface area (Å²) in [6, 6.07) is 0. The first-order chi connectivity index (χ1) is 6.79. The van der Waals surface area contributed by atoms with Crippen LogP contribution < -0.4 is 0 Å². The van der Waals surface area contributed by atoms with Crippen LogP contribution in [0.15, 0.2) is 10.3 Å². The minimum Gasteiger partial charge on any atom is -0.279 e. The smallest absolute Gasteiger partial charge is 0.205 e. The lowest BCUT2D eigenvalue weighted by molar-refractivity contribution is -0.480. The molecular formula is C8H16N4O2. The summed E-state index contributed by atoms with van der Waals surface area (Å²) in [7, 11) is 0. The van der Waals surface area contributed by atoms with Crippen LogP contribution in [0, 0.1) is 10.1 Å². The SMILES string of the molecule is O=[N+]([O-])CCCN=NN1CCCCC1. The first-order valence-electron chi connectivity index (χ1n) is 5.03. The first kappa shape index (κ1) is 10.9. The molecule has 0 aromatic rings. The second kappa shape index (κ2) is 6.28. The Morgan fingerprint density at radius 2 is 2.00 bits per heavy atom. The normalized spacial score (nSPS) is 17.6. The van der Waals surface area contributed by atoms with Crippen molar-refractivity contribution in [2.24, 2.45) is 10.3 Å². The van der Waals surface area contributed by atoms with Crippen LogP contribution in [0.1, 0.15) is 25.7 Å². The van der Waals surface area contributed by atoms with Crippen molar-refractivity contribution in [3.05, 3.63) is 10.1 Å². The van der Waals surface area contributed by atoms with E-state index in [1.54, 1.807) is 0 Å². The third kappa shape index (κ3) is 4.74. The molecule has 0 bridgehead atoms. The van der Waals surface area contributed by atoms with E-state index < -0.39 is 0 Å². The zero-order valence-electron chi connectivity index (χ0n) is 8.26. The maximum Gasteiger partial charge on any atom is 0.205 e. The number of rotatable bonds is 5. The quantitative estimate of drug-likeness (QED) is 0.292. The lowest BCUT2D eigenvalue weighted by Gasteiger charge is -2.21. The Kier molecular flexibility index (Phi) is 4.88. The average molecular weight is 200 g/mol. The van der Waals surface area contributed by atoms with E-state index in [0.29, 0.717) is 13.0 Å². The van der Waals surface area contributed by atoms with Crippen molar-refractivity contribution in [1.82, 2.24) is 5.01 Å². The molecule has 0 saturated carbocycles. The third-order valence-corrected chi connectivity index (χ3v) is 2.12. The molecular weight excluding hydrogens is 184 g/mol. The van der Waals surface area contributed by atoms with Gasteiger partial charge in [0.05, 0.1) is 6.54 Å². The van der Waals surface area contributed by atoms with E-state index in [-0.39, 0.29) is 11.5 Å². The Hall–Kier alpha value is -1.20. The van der Waals surface area contributed by atoms with Crippen LogP contribution in [0.4, 0.5) is 0 Å². The molecule has 0 aromatic carbocycles. The fourth-order valence-corrected chi connectivity index (χ4v) is 1.37. The number of hydrogen-bond acceptors (Lipinski definition) is 4. The van der Waals surface area contributed by atoms with E-state index >= 15 is 0 Å². The Morgan fingerprint density at radius 3 is 2.64 bits per heavy atom. The Morgan fingerprint density at radius 1 is 1.29 bits per heavy atom. The molecule has 1 aliphatic rings. The molecule has 0 unspecified atom stereocenters. The van der Waals surface area contributed by atoms with Crippen LogP contribution >= 0.6 is 0 Å². The molecule has 1 fully saturated rings. The molecule has 0 atom stereocenters. The average Bonchev–Trinajstić information content (AvgIpc) is 2.18. The van der Waals surface area contributed by atoms with Crippen molar-refractivity contribution in [1.29, 1.82) is 0 Å². The highest BCUT2D eigenvalue weighted by Gasteiger charge is 2.06. The molecule has 0 aromatic heterocycles. The van der Waals surface area contributed by atoms with Gasteiger partial charge in [-0.15, -0.1) is 0 Å². The summed E-state index contributed by atoms with van der Waals surface area (Å²) in [5, 5.41) is 19.9. The van der Waals surface area contributed by atoms with Gasteiger partial charge < -0.3 is 0 Å². The van der Waals surface area contributed by atoms with Crippen molar-refractivity contribution < 1.29 is 4.92 Å². The van der Waals surface area contributed by atoms with Gasteiger partial charge >= 0.3 is 0 Å². The first-order valence-corrected chi connectivity index (χ1v) is 5.03. The molecule has 0 aliphatic carbocycles. The molecule has 14 heavy (non-hydrogen) atoms. The van der Waals surface area contributed by atoms with Crippen LogP contribution in [0.3, 0.4) is 0 Å². The molecule has 0 amide bonds. The van der Waals surface area contributed by atoms with E-state index in [2.05, 4.69) is 10.3 Å². The molecule has 6 nitrogen and oxygen atoms in total. The largest absolute Gasteiger partial charge is 0.279 e. The molecule has 80 valence electrons. The van der Waals surface area contributed by atoms with Gasteiger partial charge in [-0.1, -0.05) is 5.22 Å². The number of hydrogen-bond donors (Lipinski definition) is 0. The van der Waals surface area contributed by atoms with Crippen LogP contribution in [0.25, 0.3) is 0 Å². The second-order valence-electron chi connectivity index (χ2n) is 3.38. The summed E-state index contributed by atoms with van der Waals surface area (Å²) in [5.41, 5.74) is 0. The summed E-state index contributed by atoms with van der Waals surface area (Å²) < 4.78 is 0. The van der Waals surface area contributed by atoms with E-state index in [0.717, 1.165) is 13.1 Å². The summed E-state index contributed by atoms with van der Waals surface area (Å²) in [5.74, 6) is 0. The van der Waals surface area contributed by atoms with Gasteiger partial charge in [0, 0.05) is 24.4 Å². The Bertz CT molecular complexity index is 202. The van der Waals surface area contributed by atoms with Crippen molar-refractivity contribution in [2.45, 2.75) is 25.7 Å². The topological polar surface area (TPSA) is 71.1 Å².